The van der Waals surface area contributed by atoms with Crippen LogP contribution in [0.5, 0.6) is 0 Å². The first-order chi connectivity index (χ1) is 6.54. The van der Waals surface area contributed by atoms with Crippen LogP contribution in [0.2, 0.25) is 0 Å². The van der Waals surface area contributed by atoms with Crippen molar-refractivity contribution in [1.82, 2.24) is 0 Å². The van der Waals surface area contributed by atoms with Crippen LogP contribution in [0, 0.1) is 30.3 Å². The van der Waals surface area contributed by atoms with Crippen LogP contribution >= 0.6 is 0 Å². The molecule has 9 nitrogen and oxygen atoms in total. The molecule has 0 saturated heterocycles. The van der Waals surface area contributed by atoms with Gasteiger partial charge in [0.25, 0.3) is 0 Å². The highest BCUT2D eigenvalue weighted by Crippen LogP contribution is 2.27. The zero-order valence-electron chi connectivity index (χ0n) is 7.88. The van der Waals surface area contributed by atoms with E-state index in [9.17, 15) is 34.7 Å². The van der Waals surface area contributed by atoms with Gasteiger partial charge in [-0.2, -0.15) is 4.39 Å². The van der Waals surface area contributed by atoms with Crippen LogP contribution in [-0.4, -0.2) is 26.2 Å². The van der Waals surface area contributed by atoms with Gasteiger partial charge in [0.15, 0.2) is 6.42 Å². The SMILES string of the molecule is CC(F)(CC(C)([N+](=O)[O-])[N+](=O)[O-])[N+](=O)[O-]. The van der Waals surface area contributed by atoms with E-state index in [2.05, 4.69) is 0 Å². The van der Waals surface area contributed by atoms with Crippen LogP contribution in [0.3, 0.4) is 0 Å². The Bertz CT molecular complexity index is 302. The molecule has 10 heteroatoms. The van der Waals surface area contributed by atoms with Gasteiger partial charge in [-0.15, -0.1) is 0 Å². The largest absolute Gasteiger partial charge is 0.465 e. The van der Waals surface area contributed by atoms with Gasteiger partial charge in [0.2, 0.25) is 0 Å². The lowest BCUT2D eigenvalue weighted by Gasteiger charge is -2.16. The maximum absolute atomic E-state index is 13.1. The summed E-state index contributed by atoms with van der Waals surface area (Å²) in [6.45, 7) is 0.965. The first kappa shape index (κ1) is 13.1. The summed E-state index contributed by atoms with van der Waals surface area (Å²) in [5.74, 6) is -3.21. The quantitative estimate of drug-likeness (QED) is 0.291. The molecule has 0 amide bonds. The summed E-state index contributed by atoms with van der Waals surface area (Å²) >= 11 is 0. The molecule has 86 valence electrons. The van der Waals surface area contributed by atoms with Crippen molar-refractivity contribution in [2.45, 2.75) is 31.7 Å². The molecule has 0 aliphatic heterocycles. The molecule has 0 radical (unpaired) electrons. The zero-order valence-corrected chi connectivity index (χ0v) is 7.88. The number of rotatable bonds is 5. The Labute approximate surface area is 82.3 Å². The molecule has 15 heavy (non-hydrogen) atoms. The molecule has 0 rings (SSSR count). The summed E-state index contributed by atoms with van der Waals surface area (Å²) in [5, 5.41) is 30.8. The maximum atomic E-state index is 13.1. The van der Waals surface area contributed by atoms with E-state index >= 15 is 0 Å². The minimum atomic E-state index is -3.21. The first-order valence-electron chi connectivity index (χ1n) is 3.66. The molecule has 0 aromatic carbocycles. The summed E-state index contributed by atoms with van der Waals surface area (Å²) in [6.07, 6.45) is -1.44. The van der Waals surface area contributed by atoms with Gasteiger partial charge in [0, 0.05) is 6.92 Å². The molecule has 0 heterocycles. The normalized spacial score (nSPS) is 15.4. The van der Waals surface area contributed by atoms with Gasteiger partial charge in [-0.1, -0.05) is 0 Å². The molecule has 0 bridgehead atoms. The van der Waals surface area contributed by atoms with Crippen molar-refractivity contribution in [2.24, 2.45) is 0 Å². The van der Waals surface area contributed by atoms with Gasteiger partial charge < -0.3 is 0 Å². The van der Waals surface area contributed by atoms with E-state index < -0.39 is 32.6 Å². The average molecular weight is 225 g/mol. The van der Waals surface area contributed by atoms with E-state index in [4.69, 9.17) is 0 Å². The van der Waals surface area contributed by atoms with E-state index in [1.807, 2.05) is 0 Å². The highest BCUT2D eigenvalue weighted by molar-refractivity contribution is 4.70. The monoisotopic (exact) mass is 225 g/mol. The third kappa shape index (κ3) is 2.54. The molecule has 0 saturated carbocycles. The van der Waals surface area contributed by atoms with Crippen molar-refractivity contribution in [3.63, 3.8) is 0 Å². The minimum absolute atomic E-state index is 0.443. The fourth-order valence-electron chi connectivity index (χ4n) is 0.872. The van der Waals surface area contributed by atoms with Gasteiger partial charge >= 0.3 is 11.5 Å². The van der Waals surface area contributed by atoms with Crippen molar-refractivity contribution in [3.8, 4) is 0 Å². The van der Waals surface area contributed by atoms with Crippen LogP contribution in [0.4, 0.5) is 4.39 Å². The molecule has 1 unspecified atom stereocenters. The molecule has 0 N–H and O–H groups in total. The lowest BCUT2D eigenvalue weighted by molar-refractivity contribution is -0.803. The molecule has 1 atom stereocenters. The Morgan fingerprint density at radius 2 is 1.33 bits per heavy atom. The summed E-state index contributed by atoms with van der Waals surface area (Å²) in [6, 6.07) is 0. The number of halogens is 1. The predicted molar refractivity (Wildman–Crippen MR) is 43.5 cm³/mol. The Hall–Kier alpha value is -1.87. The Morgan fingerprint density at radius 1 is 1.00 bits per heavy atom. The van der Waals surface area contributed by atoms with Gasteiger partial charge in [0.05, 0.1) is 21.7 Å². The fraction of sp³-hybridized carbons (Fsp3) is 1.00. The van der Waals surface area contributed by atoms with E-state index in [0.29, 0.717) is 13.8 Å². The molecule has 0 spiro atoms. The molecular weight excluding hydrogens is 217 g/mol. The van der Waals surface area contributed by atoms with Crippen LogP contribution in [-0.2, 0) is 0 Å². The van der Waals surface area contributed by atoms with Gasteiger partial charge in [-0.3, -0.25) is 30.3 Å². The standard InChI is InChI=1S/C5H8FN3O6/c1-4(6,7(10)11)3-5(2,8(12)13)9(14)15/h3H2,1-2H3. The number of nitro groups is 3. The maximum Gasteiger partial charge on any atom is 0.465 e. The Balaban J connectivity index is 5.11. The number of nitrogens with zero attached hydrogens (tertiary/aromatic N) is 3. The number of alkyl halides is 1. The van der Waals surface area contributed by atoms with Crippen LogP contribution < -0.4 is 0 Å². The summed E-state index contributed by atoms with van der Waals surface area (Å²) < 4.78 is 13.1. The van der Waals surface area contributed by atoms with Crippen LogP contribution in [0.1, 0.15) is 20.3 Å². The van der Waals surface area contributed by atoms with E-state index in [0.717, 1.165) is 0 Å². The molecule has 0 aromatic rings. The topological polar surface area (TPSA) is 129 Å². The molecule has 0 fully saturated rings. The van der Waals surface area contributed by atoms with E-state index in [-0.39, 0.29) is 0 Å². The summed E-state index contributed by atoms with van der Waals surface area (Å²) in [7, 11) is 0. The third-order valence-electron chi connectivity index (χ3n) is 1.82. The average Bonchev–Trinajstić information content (AvgIpc) is 2.02. The molecular formula is C5H8FN3O6. The van der Waals surface area contributed by atoms with Crippen molar-refractivity contribution < 1.29 is 19.2 Å². The highest BCUT2D eigenvalue weighted by atomic mass is 19.1. The van der Waals surface area contributed by atoms with Crippen molar-refractivity contribution in [1.29, 1.82) is 0 Å². The van der Waals surface area contributed by atoms with Crippen LogP contribution in [0.15, 0.2) is 0 Å². The minimum Gasteiger partial charge on any atom is -0.261 e. The van der Waals surface area contributed by atoms with Gasteiger partial charge in [-0.05, 0) is 0 Å². The smallest absolute Gasteiger partial charge is 0.261 e. The Morgan fingerprint density at radius 3 is 1.53 bits per heavy atom. The zero-order chi connectivity index (χ0) is 12.4. The predicted octanol–water partition coefficient (Wildman–Crippen LogP) is 0.609. The molecule has 0 aromatic heterocycles. The second-order valence-electron chi connectivity index (χ2n) is 3.31. The third-order valence-corrected chi connectivity index (χ3v) is 1.82. The molecule has 0 aliphatic carbocycles. The van der Waals surface area contributed by atoms with Crippen LogP contribution in [0.25, 0.3) is 0 Å². The lowest BCUT2D eigenvalue weighted by Crippen LogP contribution is -2.50. The van der Waals surface area contributed by atoms with E-state index in [1.165, 1.54) is 0 Å². The second-order valence-corrected chi connectivity index (χ2v) is 3.31. The number of hydrogen-bond donors (Lipinski definition) is 0. The second kappa shape index (κ2) is 3.71. The molecule has 0 aliphatic rings. The van der Waals surface area contributed by atoms with Crippen molar-refractivity contribution >= 4 is 0 Å². The van der Waals surface area contributed by atoms with Crippen molar-refractivity contribution in [3.05, 3.63) is 30.3 Å². The van der Waals surface area contributed by atoms with E-state index in [1.54, 1.807) is 0 Å². The summed E-state index contributed by atoms with van der Waals surface area (Å²) in [5.41, 5.74) is -2.91. The number of hydrogen-bond acceptors (Lipinski definition) is 6. The first-order valence-corrected chi connectivity index (χ1v) is 3.66. The van der Waals surface area contributed by atoms with Gasteiger partial charge in [0.1, 0.15) is 0 Å². The highest BCUT2D eigenvalue weighted by Gasteiger charge is 2.60. The summed E-state index contributed by atoms with van der Waals surface area (Å²) in [4.78, 5) is 26.7. The fourth-order valence-corrected chi connectivity index (χ4v) is 0.872. The van der Waals surface area contributed by atoms with Gasteiger partial charge in [-0.25, -0.2) is 0 Å². The lowest BCUT2D eigenvalue weighted by atomic mass is 10.0. The van der Waals surface area contributed by atoms with Crippen molar-refractivity contribution in [2.75, 3.05) is 0 Å². The Kier molecular flexibility index (Phi) is 3.25.